The van der Waals surface area contributed by atoms with E-state index in [1.54, 1.807) is 7.11 Å². The predicted molar refractivity (Wildman–Crippen MR) is 103 cm³/mol. The van der Waals surface area contributed by atoms with Crippen molar-refractivity contribution in [2.24, 2.45) is 5.92 Å². The van der Waals surface area contributed by atoms with Crippen LogP contribution in [0.1, 0.15) is 55.8 Å². The number of piperidine rings is 1. The summed E-state index contributed by atoms with van der Waals surface area (Å²) in [6.45, 7) is 5.96. The molecule has 4 rings (SSSR count). The number of rotatable bonds is 4. The SMILES string of the molecule is COc1ccc2c(c1)OCC(C(=O)N1CCC(c3nc(C(C)C)no3)CC1)C2. The number of benzene rings is 1. The molecule has 1 fully saturated rings. The maximum absolute atomic E-state index is 13.0. The van der Waals surface area contributed by atoms with Gasteiger partial charge >= 0.3 is 0 Å². The van der Waals surface area contributed by atoms with Crippen LogP contribution >= 0.6 is 0 Å². The summed E-state index contributed by atoms with van der Waals surface area (Å²) < 4.78 is 16.5. The molecular formula is C21H27N3O4. The van der Waals surface area contributed by atoms with Gasteiger partial charge in [-0.1, -0.05) is 25.1 Å². The second-order valence-electron chi connectivity index (χ2n) is 7.93. The minimum atomic E-state index is -0.131. The van der Waals surface area contributed by atoms with E-state index in [0.717, 1.165) is 48.8 Å². The van der Waals surface area contributed by atoms with E-state index < -0.39 is 0 Å². The summed E-state index contributed by atoms with van der Waals surface area (Å²) in [5, 5.41) is 4.06. The van der Waals surface area contributed by atoms with Gasteiger partial charge in [-0.25, -0.2) is 0 Å². The first kappa shape index (κ1) is 18.8. The molecule has 150 valence electrons. The summed E-state index contributed by atoms with van der Waals surface area (Å²) in [6, 6.07) is 5.79. The Morgan fingerprint density at radius 1 is 1.29 bits per heavy atom. The van der Waals surface area contributed by atoms with Crippen LogP contribution in [-0.2, 0) is 11.2 Å². The molecule has 1 saturated heterocycles. The highest BCUT2D eigenvalue weighted by atomic mass is 16.5. The summed E-state index contributed by atoms with van der Waals surface area (Å²) in [5.41, 5.74) is 1.06. The largest absolute Gasteiger partial charge is 0.497 e. The van der Waals surface area contributed by atoms with E-state index in [2.05, 4.69) is 24.0 Å². The van der Waals surface area contributed by atoms with Crippen LogP contribution in [0.15, 0.2) is 22.7 Å². The number of hydrogen-bond acceptors (Lipinski definition) is 6. The molecule has 2 aliphatic rings. The molecule has 0 radical (unpaired) electrons. The molecule has 0 spiro atoms. The van der Waals surface area contributed by atoms with Crippen LogP contribution in [0.2, 0.25) is 0 Å². The number of carbonyl (C=O) groups excluding carboxylic acids is 1. The molecule has 0 bridgehead atoms. The van der Waals surface area contributed by atoms with Gasteiger partial charge in [-0.3, -0.25) is 4.79 Å². The molecule has 7 nitrogen and oxygen atoms in total. The van der Waals surface area contributed by atoms with Crippen molar-refractivity contribution in [3.8, 4) is 11.5 Å². The molecule has 7 heteroatoms. The lowest BCUT2D eigenvalue weighted by Crippen LogP contribution is -2.44. The fraction of sp³-hybridized carbons (Fsp3) is 0.571. The number of carbonyl (C=O) groups is 1. The molecule has 2 aliphatic heterocycles. The van der Waals surface area contributed by atoms with Gasteiger partial charge in [-0.05, 0) is 30.9 Å². The molecule has 1 aromatic carbocycles. The van der Waals surface area contributed by atoms with Crippen molar-refractivity contribution < 1.29 is 18.8 Å². The van der Waals surface area contributed by atoms with Crippen LogP contribution in [0.3, 0.4) is 0 Å². The Kier molecular flexibility index (Phi) is 5.24. The van der Waals surface area contributed by atoms with E-state index in [9.17, 15) is 4.79 Å². The number of nitrogens with zero attached hydrogens (tertiary/aromatic N) is 3. The van der Waals surface area contributed by atoms with Crippen molar-refractivity contribution in [2.45, 2.75) is 44.9 Å². The highest BCUT2D eigenvalue weighted by molar-refractivity contribution is 5.80. The topological polar surface area (TPSA) is 77.7 Å². The van der Waals surface area contributed by atoms with Crippen LogP contribution in [0.5, 0.6) is 11.5 Å². The van der Waals surface area contributed by atoms with Crippen LogP contribution in [0.4, 0.5) is 0 Å². The number of likely N-dealkylation sites (tertiary alicyclic amines) is 1. The summed E-state index contributed by atoms with van der Waals surface area (Å²) in [5.74, 6) is 3.59. The molecule has 0 saturated carbocycles. The zero-order chi connectivity index (χ0) is 19.7. The predicted octanol–water partition coefficient (Wildman–Crippen LogP) is 3.16. The quantitative estimate of drug-likeness (QED) is 0.805. The summed E-state index contributed by atoms with van der Waals surface area (Å²) >= 11 is 0. The van der Waals surface area contributed by atoms with Gasteiger partial charge in [0.15, 0.2) is 5.82 Å². The van der Waals surface area contributed by atoms with Gasteiger partial charge in [-0.15, -0.1) is 0 Å². The Bertz CT molecular complexity index is 840. The Morgan fingerprint density at radius 3 is 2.75 bits per heavy atom. The van der Waals surface area contributed by atoms with Crippen LogP contribution in [0, 0.1) is 5.92 Å². The van der Waals surface area contributed by atoms with E-state index in [-0.39, 0.29) is 23.7 Å². The van der Waals surface area contributed by atoms with Gasteiger partial charge in [0, 0.05) is 31.0 Å². The van der Waals surface area contributed by atoms with E-state index in [1.165, 1.54) is 0 Å². The highest BCUT2D eigenvalue weighted by Gasteiger charge is 2.33. The lowest BCUT2D eigenvalue weighted by Gasteiger charge is -2.34. The Balaban J connectivity index is 1.35. The van der Waals surface area contributed by atoms with Crippen molar-refractivity contribution >= 4 is 5.91 Å². The van der Waals surface area contributed by atoms with Crippen molar-refractivity contribution in [2.75, 3.05) is 26.8 Å². The molecule has 3 heterocycles. The third-order valence-electron chi connectivity index (χ3n) is 5.66. The lowest BCUT2D eigenvalue weighted by molar-refractivity contribution is -0.138. The Morgan fingerprint density at radius 2 is 2.07 bits per heavy atom. The molecule has 0 N–H and O–H groups in total. The second-order valence-corrected chi connectivity index (χ2v) is 7.93. The molecule has 2 aromatic rings. The van der Waals surface area contributed by atoms with Crippen molar-refractivity contribution in [1.29, 1.82) is 0 Å². The van der Waals surface area contributed by atoms with Gasteiger partial charge < -0.3 is 18.9 Å². The summed E-state index contributed by atoms with van der Waals surface area (Å²) in [6.07, 6.45) is 2.42. The summed E-state index contributed by atoms with van der Waals surface area (Å²) in [7, 11) is 1.64. The molecule has 1 atom stereocenters. The van der Waals surface area contributed by atoms with E-state index in [0.29, 0.717) is 18.9 Å². The molecule has 28 heavy (non-hydrogen) atoms. The molecule has 0 aliphatic carbocycles. The fourth-order valence-electron chi connectivity index (χ4n) is 3.89. The summed E-state index contributed by atoms with van der Waals surface area (Å²) in [4.78, 5) is 19.5. The number of ether oxygens (including phenoxy) is 2. The van der Waals surface area contributed by atoms with Crippen molar-refractivity contribution in [3.05, 3.63) is 35.5 Å². The number of methoxy groups -OCH3 is 1. The van der Waals surface area contributed by atoms with Crippen molar-refractivity contribution in [3.63, 3.8) is 0 Å². The van der Waals surface area contributed by atoms with Gasteiger partial charge in [0.2, 0.25) is 11.8 Å². The maximum atomic E-state index is 13.0. The fourth-order valence-corrected chi connectivity index (χ4v) is 3.89. The minimum Gasteiger partial charge on any atom is -0.497 e. The van der Waals surface area contributed by atoms with Crippen molar-refractivity contribution in [1.82, 2.24) is 15.0 Å². The molecule has 1 aromatic heterocycles. The van der Waals surface area contributed by atoms with Gasteiger partial charge in [0.25, 0.3) is 0 Å². The number of aromatic nitrogens is 2. The smallest absolute Gasteiger partial charge is 0.229 e. The van der Waals surface area contributed by atoms with Crippen LogP contribution in [-0.4, -0.2) is 47.8 Å². The second kappa shape index (κ2) is 7.81. The third-order valence-corrected chi connectivity index (χ3v) is 5.66. The zero-order valence-corrected chi connectivity index (χ0v) is 16.7. The van der Waals surface area contributed by atoms with E-state index in [4.69, 9.17) is 14.0 Å². The van der Waals surface area contributed by atoms with Gasteiger partial charge in [-0.2, -0.15) is 4.98 Å². The first-order valence-corrected chi connectivity index (χ1v) is 9.97. The number of hydrogen-bond donors (Lipinski definition) is 0. The van der Waals surface area contributed by atoms with Gasteiger partial charge in [0.05, 0.1) is 13.0 Å². The first-order valence-electron chi connectivity index (χ1n) is 9.97. The Labute approximate surface area is 165 Å². The van der Waals surface area contributed by atoms with Gasteiger partial charge in [0.1, 0.15) is 18.1 Å². The monoisotopic (exact) mass is 385 g/mol. The first-order chi connectivity index (χ1) is 13.5. The average Bonchev–Trinajstić information content (AvgIpc) is 3.23. The molecule has 1 amide bonds. The van der Waals surface area contributed by atoms with E-state index >= 15 is 0 Å². The van der Waals surface area contributed by atoms with Crippen LogP contribution in [0.25, 0.3) is 0 Å². The maximum Gasteiger partial charge on any atom is 0.229 e. The lowest BCUT2D eigenvalue weighted by atomic mass is 9.92. The number of fused-ring (bicyclic) bond motifs is 1. The zero-order valence-electron chi connectivity index (χ0n) is 16.7. The minimum absolute atomic E-state index is 0.131. The van der Waals surface area contributed by atoms with E-state index in [1.807, 2.05) is 23.1 Å². The normalized spacial score (nSPS) is 20.0. The number of amides is 1. The highest BCUT2D eigenvalue weighted by Crippen LogP contribution is 2.33. The molecule has 1 unspecified atom stereocenters. The Hall–Kier alpha value is -2.57. The third kappa shape index (κ3) is 3.70. The van der Waals surface area contributed by atoms with Crippen LogP contribution < -0.4 is 9.47 Å². The average molecular weight is 385 g/mol. The molecular weight excluding hydrogens is 358 g/mol. The standard InChI is InChI=1S/C21H27N3O4/c1-13(2)19-22-20(28-23-19)14-6-8-24(9-7-14)21(25)16-10-15-4-5-17(26-3)11-18(15)27-12-16/h4-5,11,13-14,16H,6-10,12H2,1-3H3.